The fourth-order valence-corrected chi connectivity index (χ4v) is 3.84. The van der Waals surface area contributed by atoms with Gasteiger partial charge in [0.2, 0.25) is 10.0 Å². The maximum absolute atomic E-state index is 12.8. The lowest BCUT2D eigenvalue weighted by Crippen LogP contribution is -2.28. The average molecular weight is 489 g/mol. The van der Waals surface area contributed by atoms with Gasteiger partial charge in [-0.15, -0.1) is 0 Å². The van der Waals surface area contributed by atoms with Crippen LogP contribution in [0.2, 0.25) is 0 Å². The smallest absolute Gasteiger partial charge is 0.416 e. The Kier molecular flexibility index (Phi) is 8.73. The molecule has 3 N–H and O–H groups in total. The predicted molar refractivity (Wildman–Crippen MR) is 118 cm³/mol. The van der Waals surface area contributed by atoms with Crippen LogP contribution in [0, 0.1) is 0 Å². The molecular formula is C22H27F3N2O5S. The molecule has 0 bridgehead atoms. The zero-order valence-electron chi connectivity index (χ0n) is 18.4. The number of carboxylic acids is 1. The van der Waals surface area contributed by atoms with Crippen LogP contribution >= 0.6 is 0 Å². The number of carbonyl (C=O) groups is 1. The van der Waals surface area contributed by atoms with Crippen molar-refractivity contribution in [1.82, 2.24) is 0 Å². The van der Waals surface area contributed by atoms with Crippen LogP contribution in [0.4, 0.5) is 18.9 Å². The van der Waals surface area contributed by atoms with E-state index in [0.717, 1.165) is 56.0 Å². The maximum atomic E-state index is 12.8. The number of alkyl halides is 3. The number of ether oxygens (including phenoxy) is 1. The highest BCUT2D eigenvalue weighted by molar-refractivity contribution is 7.89. The van der Waals surface area contributed by atoms with Crippen molar-refractivity contribution in [3.63, 3.8) is 0 Å². The van der Waals surface area contributed by atoms with E-state index in [1.807, 2.05) is 18.7 Å². The van der Waals surface area contributed by atoms with Gasteiger partial charge in [0.1, 0.15) is 16.4 Å². The molecule has 11 heteroatoms. The number of anilines is 1. The molecule has 0 radical (unpaired) electrons. The fraction of sp³-hybridized carbons (Fsp3) is 0.409. The van der Waals surface area contributed by atoms with Crippen LogP contribution in [0.25, 0.3) is 0 Å². The molecule has 0 atom stereocenters. The number of primary sulfonamides is 1. The minimum atomic E-state index is -4.54. The summed E-state index contributed by atoms with van der Waals surface area (Å²) in [5.41, 5.74) is -0.904. The van der Waals surface area contributed by atoms with Crippen molar-refractivity contribution in [3.8, 4) is 11.5 Å². The molecule has 0 heterocycles. The molecule has 0 aliphatic rings. The van der Waals surface area contributed by atoms with Crippen molar-refractivity contribution < 1.29 is 36.2 Å². The van der Waals surface area contributed by atoms with Gasteiger partial charge in [0.05, 0.1) is 16.8 Å². The molecule has 2 aromatic carbocycles. The normalized spacial score (nSPS) is 11.9. The Morgan fingerprint density at radius 3 is 2.03 bits per heavy atom. The molecule has 182 valence electrons. The minimum absolute atomic E-state index is 0.0596. The minimum Gasteiger partial charge on any atom is -0.478 e. The number of nitrogens with two attached hydrogens (primary N) is 1. The zero-order chi connectivity index (χ0) is 24.8. The van der Waals surface area contributed by atoms with Crippen LogP contribution < -0.4 is 14.8 Å². The quantitative estimate of drug-likeness (QED) is 0.447. The van der Waals surface area contributed by atoms with Crippen LogP contribution in [0.15, 0.2) is 41.3 Å². The third-order valence-corrected chi connectivity index (χ3v) is 5.84. The summed E-state index contributed by atoms with van der Waals surface area (Å²) in [6.45, 7) is 5.04. The monoisotopic (exact) mass is 488 g/mol. The Morgan fingerprint density at radius 2 is 1.61 bits per heavy atom. The van der Waals surface area contributed by atoms with Crippen molar-refractivity contribution in [2.45, 2.75) is 50.6 Å². The summed E-state index contributed by atoms with van der Waals surface area (Å²) in [5.74, 6) is -1.67. The molecule has 7 nitrogen and oxygen atoms in total. The average Bonchev–Trinajstić information content (AvgIpc) is 2.72. The summed E-state index contributed by atoms with van der Waals surface area (Å²) < 4.78 is 68.4. The van der Waals surface area contributed by atoms with Gasteiger partial charge in [0, 0.05) is 19.2 Å². The number of rotatable bonds is 11. The van der Waals surface area contributed by atoms with Gasteiger partial charge in [-0.3, -0.25) is 0 Å². The number of carboxylic acid groups (broad SMARTS) is 1. The highest BCUT2D eigenvalue weighted by atomic mass is 32.2. The number of sulfonamides is 1. The van der Waals surface area contributed by atoms with E-state index in [9.17, 15) is 31.5 Å². The molecule has 0 aliphatic heterocycles. The first kappa shape index (κ1) is 26.5. The Balaban J connectivity index is 2.61. The molecule has 0 unspecified atom stereocenters. The van der Waals surface area contributed by atoms with Gasteiger partial charge in [-0.2, -0.15) is 13.2 Å². The van der Waals surface area contributed by atoms with E-state index in [-0.39, 0.29) is 22.7 Å². The molecule has 0 amide bonds. The Morgan fingerprint density at radius 1 is 1.06 bits per heavy atom. The first-order chi connectivity index (χ1) is 15.4. The number of unbranched alkanes of at least 4 members (excludes halogenated alkanes) is 2. The van der Waals surface area contributed by atoms with Gasteiger partial charge in [0.25, 0.3) is 0 Å². The van der Waals surface area contributed by atoms with E-state index in [1.54, 1.807) is 0 Å². The van der Waals surface area contributed by atoms with Crippen LogP contribution in [0.3, 0.4) is 0 Å². The number of hydrogen-bond acceptors (Lipinski definition) is 5. The van der Waals surface area contributed by atoms with Crippen LogP contribution in [-0.2, 0) is 16.2 Å². The lowest BCUT2D eigenvalue weighted by molar-refractivity contribution is -0.137. The number of benzene rings is 2. The molecule has 0 aromatic heterocycles. The molecule has 2 rings (SSSR count). The van der Waals surface area contributed by atoms with Gasteiger partial charge in [-0.1, -0.05) is 26.7 Å². The molecule has 33 heavy (non-hydrogen) atoms. The summed E-state index contributed by atoms with van der Waals surface area (Å²) in [5, 5.41) is 15.0. The van der Waals surface area contributed by atoms with Gasteiger partial charge in [-0.25, -0.2) is 18.4 Å². The van der Waals surface area contributed by atoms with E-state index in [0.29, 0.717) is 13.1 Å². The molecular weight excluding hydrogens is 461 g/mol. The van der Waals surface area contributed by atoms with E-state index in [2.05, 4.69) is 0 Å². The third kappa shape index (κ3) is 7.10. The van der Waals surface area contributed by atoms with Gasteiger partial charge < -0.3 is 14.7 Å². The van der Waals surface area contributed by atoms with E-state index < -0.39 is 32.6 Å². The van der Waals surface area contributed by atoms with Crippen molar-refractivity contribution in [2.75, 3.05) is 18.0 Å². The number of aromatic carboxylic acids is 1. The largest absolute Gasteiger partial charge is 0.478 e. The second-order valence-electron chi connectivity index (χ2n) is 7.48. The van der Waals surface area contributed by atoms with Crippen LogP contribution in [0.5, 0.6) is 11.5 Å². The summed E-state index contributed by atoms with van der Waals surface area (Å²) in [6.07, 6.45) is -1.28. The van der Waals surface area contributed by atoms with Crippen molar-refractivity contribution in [3.05, 3.63) is 47.5 Å². The summed E-state index contributed by atoms with van der Waals surface area (Å²) in [4.78, 5) is 13.2. The van der Waals surface area contributed by atoms with E-state index in [4.69, 9.17) is 9.88 Å². The van der Waals surface area contributed by atoms with E-state index >= 15 is 0 Å². The van der Waals surface area contributed by atoms with Gasteiger partial charge >= 0.3 is 12.1 Å². The number of halogens is 3. The lowest BCUT2D eigenvalue weighted by Gasteiger charge is -2.27. The number of hydrogen-bond donors (Lipinski definition) is 2. The van der Waals surface area contributed by atoms with Gasteiger partial charge in [-0.05, 0) is 43.2 Å². The van der Waals surface area contributed by atoms with Crippen molar-refractivity contribution in [1.29, 1.82) is 0 Å². The third-order valence-electron chi connectivity index (χ3n) is 4.91. The van der Waals surface area contributed by atoms with Crippen molar-refractivity contribution in [2.24, 2.45) is 5.14 Å². The zero-order valence-corrected chi connectivity index (χ0v) is 19.2. The molecule has 0 aliphatic carbocycles. The first-order valence-electron chi connectivity index (χ1n) is 10.4. The highest BCUT2D eigenvalue weighted by Crippen LogP contribution is 2.37. The Labute approximate surface area is 191 Å². The molecule has 2 aromatic rings. The molecule has 0 spiro atoms. The SMILES string of the molecule is CCCCN(CCCC)c1cc(Oc2ccc(C(F)(F)F)cc2)c(S(N)(=O)=O)cc1C(=O)O. The Hall–Kier alpha value is -2.79. The molecule has 0 saturated heterocycles. The first-order valence-corrected chi connectivity index (χ1v) is 12.0. The predicted octanol–water partition coefficient (Wildman–Crippen LogP) is 5.25. The standard InChI is InChI=1S/C22H27F3N2O5S/c1-3-5-11-27(12-6-4-2)18-14-19(20(33(26,30)31)13-17(18)21(28)29)32-16-9-7-15(8-10-16)22(23,24)25/h7-10,13-14H,3-6,11-12H2,1-2H3,(H,28,29)(H2,26,30,31). The fourth-order valence-electron chi connectivity index (χ4n) is 3.17. The lowest BCUT2D eigenvalue weighted by atomic mass is 10.1. The van der Waals surface area contributed by atoms with Crippen molar-refractivity contribution >= 4 is 21.7 Å². The summed E-state index contributed by atoms with van der Waals surface area (Å²) in [7, 11) is -4.40. The highest BCUT2D eigenvalue weighted by Gasteiger charge is 2.30. The van der Waals surface area contributed by atoms with E-state index in [1.165, 1.54) is 6.07 Å². The summed E-state index contributed by atoms with van der Waals surface area (Å²) in [6, 6.07) is 5.89. The molecule has 0 saturated carbocycles. The maximum Gasteiger partial charge on any atom is 0.416 e. The van der Waals surface area contributed by atoms with Crippen LogP contribution in [0.1, 0.15) is 55.5 Å². The second-order valence-corrected chi connectivity index (χ2v) is 9.01. The van der Waals surface area contributed by atoms with Crippen LogP contribution in [-0.4, -0.2) is 32.6 Å². The summed E-state index contributed by atoms with van der Waals surface area (Å²) >= 11 is 0. The topological polar surface area (TPSA) is 110 Å². The molecule has 0 fully saturated rings. The second kappa shape index (κ2) is 10.9. The number of nitrogens with zero attached hydrogens (tertiary/aromatic N) is 1. The Bertz CT molecular complexity index is 1060. The van der Waals surface area contributed by atoms with Gasteiger partial charge in [0.15, 0.2) is 0 Å².